The number of Topliss-reactive ketones (excluding diaryl/α,β-unsaturated/α-hetero) is 1. The predicted molar refractivity (Wildman–Crippen MR) is 137 cm³/mol. The molecule has 35 heavy (non-hydrogen) atoms. The zero-order valence-electron chi connectivity index (χ0n) is 21.1. The first-order valence-corrected chi connectivity index (χ1v) is 11.5. The average molecular weight is 477 g/mol. The Labute approximate surface area is 205 Å². The molecule has 0 radical (unpaired) electrons. The lowest BCUT2D eigenvalue weighted by Crippen LogP contribution is -2.39. The number of ether oxygens (including phenoxy) is 2. The van der Waals surface area contributed by atoms with E-state index in [-0.39, 0.29) is 24.3 Å². The van der Waals surface area contributed by atoms with Gasteiger partial charge in [-0.25, -0.2) is 4.79 Å². The topological polar surface area (TPSA) is 77.8 Å². The number of ketones is 1. The van der Waals surface area contributed by atoms with Crippen molar-refractivity contribution in [2.24, 2.45) is 0 Å². The van der Waals surface area contributed by atoms with E-state index in [1.165, 1.54) is 22.7 Å². The van der Waals surface area contributed by atoms with Crippen LogP contribution in [-0.2, 0) is 9.53 Å². The lowest BCUT2D eigenvalue weighted by molar-refractivity contribution is -0.127. The molecule has 1 heterocycles. The van der Waals surface area contributed by atoms with E-state index in [9.17, 15) is 14.4 Å². The van der Waals surface area contributed by atoms with Gasteiger partial charge in [0.1, 0.15) is 11.4 Å². The van der Waals surface area contributed by atoms with Gasteiger partial charge >= 0.3 is 6.09 Å². The molecule has 3 rings (SSSR count). The monoisotopic (exact) mass is 476 g/mol. The Morgan fingerprint density at radius 1 is 1.06 bits per heavy atom. The fourth-order valence-electron chi connectivity index (χ4n) is 3.62. The maximum absolute atomic E-state index is 13.1. The summed E-state index contributed by atoms with van der Waals surface area (Å²) >= 11 is 0. The van der Waals surface area contributed by atoms with E-state index in [0.717, 1.165) is 5.39 Å². The smallest absolute Gasteiger partial charge is 0.419 e. The van der Waals surface area contributed by atoms with Gasteiger partial charge < -0.3 is 14.4 Å². The van der Waals surface area contributed by atoms with Gasteiger partial charge in [0, 0.05) is 34.8 Å². The summed E-state index contributed by atoms with van der Waals surface area (Å²) in [5.74, 6) is 0.103. The van der Waals surface area contributed by atoms with Gasteiger partial charge in [-0.15, -0.1) is 0 Å². The van der Waals surface area contributed by atoms with E-state index in [4.69, 9.17) is 9.47 Å². The van der Waals surface area contributed by atoms with Crippen LogP contribution >= 0.6 is 0 Å². The van der Waals surface area contributed by atoms with Crippen LogP contribution < -0.4 is 4.74 Å². The highest BCUT2D eigenvalue weighted by atomic mass is 16.6. The highest BCUT2D eigenvalue weighted by Crippen LogP contribution is 2.24. The number of rotatable bonds is 7. The minimum Gasteiger partial charge on any atom is -0.497 e. The molecule has 0 fully saturated rings. The summed E-state index contributed by atoms with van der Waals surface area (Å²) in [7, 11) is 1.54. The molecule has 0 unspecified atom stereocenters. The molecule has 7 heteroatoms. The average Bonchev–Trinajstić information content (AvgIpc) is 3.18. The molecule has 0 aliphatic rings. The van der Waals surface area contributed by atoms with Crippen molar-refractivity contribution >= 4 is 34.8 Å². The quantitative estimate of drug-likeness (QED) is 0.329. The lowest BCUT2D eigenvalue weighted by atomic mass is 10.1. The minimum atomic E-state index is -0.637. The van der Waals surface area contributed by atoms with Crippen molar-refractivity contribution in [3.63, 3.8) is 0 Å². The number of carbonyl (C=O) groups is 3. The third-order valence-electron chi connectivity index (χ3n) is 5.35. The summed E-state index contributed by atoms with van der Waals surface area (Å²) in [4.78, 5) is 40.1. The Hall–Kier alpha value is -3.87. The second kappa shape index (κ2) is 10.6. The number of methoxy groups -OCH3 is 1. The van der Waals surface area contributed by atoms with Crippen molar-refractivity contribution in [1.29, 1.82) is 0 Å². The summed E-state index contributed by atoms with van der Waals surface area (Å²) in [6.45, 7) is 9.09. The van der Waals surface area contributed by atoms with Crippen LogP contribution in [0.3, 0.4) is 0 Å². The number of nitrogens with zero attached hydrogens (tertiary/aromatic N) is 2. The molecule has 0 aliphatic carbocycles. The van der Waals surface area contributed by atoms with E-state index in [1.807, 2.05) is 58.9 Å². The summed E-state index contributed by atoms with van der Waals surface area (Å²) in [5, 5.41) is 0.811. The van der Waals surface area contributed by atoms with Crippen molar-refractivity contribution in [2.45, 2.75) is 46.3 Å². The Morgan fingerprint density at radius 2 is 1.77 bits per heavy atom. The Kier molecular flexibility index (Phi) is 7.79. The molecule has 0 N–H and O–H groups in total. The number of hydrogen-bond acceptors (Lipinski definition) is 5. The van der Waals surface area contributed by atoms with Crippen molar-refractivity contribution in [2.75, 3.05) is 13.7 Å². The van der Waals surface area contributed by atoms with Crippen LogP contribution in [0.2, 0.25) is 0 Å². The molecule has 7 nitrogen and oxygen atoms in total. The van der Waals surface area contributed by atoms with Crippen LogP contribution in [0, 0.1) is 0 Å². The van der Waals surface area contributed by atoms with Crippen molar-refractivity contribution in [3.8, 4) is 5.75 Å². The van der Waals surface area contributed by atoms with Crippen LogP contribution in [0.1, 0.15) is 50.5 Å². The number of carbonyl (C=O) groups excluding carboxylic acids is 3. The van der Waals surface area contributed by atoms with Crippen LogP contribution in [0.4, 0.5) is 4.79 Å². The Balaban J connectivity index is 1.84. The summed E-state index contributed by atoms with van der Waals surface area (Å²) < 4.78 is 12.2. The van der Waals surface area contributed by atoms with Gasteiger partial charge in [-0.2, -0.15) is 0 Å². The van der Waals surface area contributed by atoms with Crippen LogP contribution in [0.25, 0.3) is 17.0 Å². The Morgan fingerprint density at radius 3 is 2.43 bits per heavy atom. The number of para-hydroxylation sites is 1. The molecule has 0 atom stereocenters. The number of amides is 1. The molecule has 3 aromatic rings. The van der Waals surface area contributed by atoms with Gasteiger partial charge in [0.25, 0.3) is 0 Å². The molecule has 0 aliphatic heterocycles. The molecule has 184 valence electrons. The van der Waals surface area contributed by atoms with Crippen LogP contribution in [0.15, 0.2) is 60.8 Å². The van der Waals surface area contributed by atoms with Gasteiger partial charge in [0.2, 0.25) is 5.91 Å². The lowest BCUT2D eigenvalue weighted by Gasteiger charge is -2.24. The minimum absolute atomic E-state index is 0.0618. The maximum Gasteiger partial charge on any atom is 0.419 e. The maximum atomic E-state index is 13.1. The molecule has 0 saturated carbocycles. The van der Waals surface area contributed by atoms with Crippen molar-refractivity contribution in [1.82, 2.24) is 9.47 Å². The van der Waals surface area contributed by atoms with Gasteiger partial charge in [0.15, 0.2) is 5.78 Å². The predicted octanol–water partition coefficient (Wildman–Crippen LogP) is 5.57. The summed E-state index contributed by atoms with van der Waals surface area (Å²) in [5.41, 5.74) is 1.22. The first kappa shape index (κ1) is 25.7. The molecule has 1 amide bonds. The molecular weight excluding hydrogens is 444 g/mol. The zero-order chi connectivity index (χ0) is 25.8. The molecule has 2 aromatic carbocycles. The third-order valence-corrected chi connectivity index (χ3v) is 5.35. The molecule has 0 bridgehead atoms. The number of fused-ring (bicyclic) bond motifs is 1. The molecular formula is C28H32N2O5. The van der Waals surface area contributed by atoms with Crippen LogP contribution in [-0.4, -0.2) is 52.5 Å². The highest BCUT2D eigenvalue weighted by Gasteiger charge is 2.22. The normalized spacial score (nSPS) is 11.7. The van der Waals surface area contributed by atoms with E-state index in [2.05, 4.69) is 0 Å². The standard InChI is InChI=1S/C28H32N2O5/c1-19(2)29(18-25(31)20-10-9-11-22(16-20)34-6)26(32)15-14-21-17-30(27(33)35-28(3,4)5)24-13-8-7-12-23(21)24/h7-17,19H,18H2,1-6H3/b15-14+. The highest BCUT2D eigenvalue weighted by molar-refractivity contribution is 6.03. The summed E-state index contributed by atoms with van der Waals surface area (Å²) in [6, 6.07) is 14.1. The number of aromatic nitrogens is 1. The second-order valence-corrected chi connectivity index (χ2v) is 9.50. The molecule has 1 aromatic heterocycles. The van der Waals surface area contributed by atoms with Gasteiger partial charge in [-0.3, -0.25) is 14.2 Å². The number of hydrogen-bond donors (Lipinski definition) is 0. The first-order valence-electron chi connectivity index (χ1n) is 11.5. The number of benzene rings is 2. The zero-order valence-corrected chi connectivity index (χ0v) is 21.1. The second-order valence-electron chi connectivity index (χ2n) is 9.50. The van der Waals surface area contributed by atoms with Crippen molar-refractivity contribution in [3.05, 3.63) is 71.9 Å². The van der Waals surface area contributed by atoms with Crippen molar-refractivity contribution < 1.29 is 23.9 Å². The first-order chi connectivity index (χ1) is 16.5. The molecule has 0 spiro atoms. The summed E-state index contributed by atoms with van der Waals surface area (Å²) in [6.07, 6.45) is 4.26. The molecule has 0 saturated heterocycles. The van der Waals surface area contributed by atoms with Gasteiger partial charge in [-0.1, -0.05) is 30.3 Å². The largest absolute Gasteiger partial charge is 0.497 e. The van der Waals surface area contributed by atoms with E-state index in [0.29, 0.717) is 22.4 Å². The fraction of sp³-hybridized carbons (Fsp3) is 0.321. The SMILES string of the molecule is COc1cccc(C(=O)CN(C(=O)/C=C/c2cn(C(=O)OC(C)(C)C)c3ccccc23)C(C)C)c1. The van der Waals surface area contributed by atoms with Gasteiger partial charge in [0.05, 0.1) is 19.2 Å². The van der Waals surface area contributed by atoms with Crippen LogP contribution in [0.5, 0.6) is 5.75 Å². The van der Waals surface area contributed by atoms with Gasteiger partial charge in [-0.05, 0) is 58.9 Å². The Bertz CT molecular complexity index is 1260. The van der Waals surface area contributed by atoms with E-state index in [1.54, 1.807) is 36.5 Å². The van der Waals surface area contributed by atoms with E-state index < -0.39 is 11.7 Å². The fourth-order valence-corrected chi connectivity index (χ4v) is 3.62. The third kappa shape index (κ3) is 6.38. The van der Waals surface area contributed by atoms with E-state index >= 15 is 0 Å².